The molecule has 0 bridgehead atoms. The van der Waals surface area contributed by atoms with Crippen LogP contribution in [0, 0.1) is 0 Å². The van der Waals surface area contributed by atoms with E-state index in [2.05, 4.69) is 10.3 Å². The summed E-state index contributed by atoms with van der Waals surface area (Å²) in [6.07, 6.45) is 3.48. The smallest absolute Gasteiger partial charge is 0.408 e. The molecule has 1 saturated heterocycles. The van der Waals surface area contributed by atoms with Gasteiger partial charge in [-0.2, -0.15) is 0 Å². The summed E-state index contributed by atoms with van der Waals surface area (Å²) in [5.74, 6) is -0.755. The van der Waals surface area contributed by atoms with E-state index in [0.29, 0.717) is 29.8 Å². The summed E-state index contributed by atoms with van der Waals surface area (Å²) in [7, 11) is 1.60. The first-order valence-corrected chi connectivity index (χ1v) is 9.34. The van der Waals surface area contributed by atoms with Crippen LogP contribution in [0.3, 0.4) is 0 Å². The van der Waals surface area contributed by atoms with Crippen LogP contribution in [0.5, 0.6) is 0 Å². The van der Waals surface area contributed by atoms with Gasteiger partial charge in [0.05, 0.1) is 11.1 Å². The molecule has 1 aliphatic heterocycles. The number of H-pyrrole nitrogens is 1. The molecule has 0 saturated carbocycles. The fraction of sp³-hybridized carbons (Fsp3) is 0.350. The van der Waals surface area contributed by atoms with E-state index >= 15 is 0 Å². The lowest BCUT2D eigenvalue weighted by Crippen LogP contribution is -2.42. The first kappa shape index (κ1) is 18.1. The number of para-hydroxylation sites is 2. The predicted octanol–water partition coefficient (Wildman–Crippen LogP) is 1.69. The molecule has 1 aliphatic rings. The Morgan fingerprint density at radius 3 is 2.93 bits per heavy atom. The van der Waals surface area contributed by atoms with E-state index in [1.54, 1.807) is 48.5 Å². The predicted molar refractivity (Wildman–Crippen MR) is 103 cm³/mol. The van der Waals surface area contributed by atoms with E-state index in [4.69, 9.17) is 4.42 Å². The third kappa shape index (κ3) is 3.21. The minimum Gasteiger partial charge on any atom is -0.408 e. The number of nitrogens with one attached hydrogen (secondary N) is 2. The highest BCUT2D eigenvalue weighted by molar-refractivity contribution is 5.95. The quantitative estimate of drug-likeness (QED) is 0.717. The van der Waals surface area contributed by atoms with Crippen molar-refractivity contribution in [1.82, 2.24) is 19.8 Å². The Morgan fingerprint density at radius 1 is 1.29 bits per heavy atom. The molecule has 4 rings (SSSR count). The fourth-order valence-electron chi connectivity index (χ4n) is 3.89. The number of hydrogen-bond acceptors (Lipinski definition) is 4. The third-order valence-corrected chi connectivity index (χ3v) is 5.30. The second-order valence-electron chi connectivity index (χ2n) is 6.98. The second kappa shape index (κ2) is 7.38. The minimum absolute atomic E-state index is 0.0535. The van der Waals surface area contributed by atoms with E-state index in [-0.39, 0.29) is 24.3 Å². The molecule has 8 nitrogen and oxygen atoms in total. The molecule has 2 N–H and O–H groups in total. The molecule has 3 aromatic rings. The number of hydrogen-bond donors (Lipinski definition) is 2. The van der Waals surface area contributed by atoms with Crippen LogP contribution in [-0.4, -0.2) is 46.4 Å². The van der Waals surface area contributed by atoms with Gasteiger partial charge in [-0.3, -0.25) is 14.2 Å². The molecule has 146 valence electrons. The molecular weight excluding hydrogens is 360 g/mol. The Hall–Kier alpha value is -3.29. The molecule has 1 fully saturated rings. The zero-order chi connectivity index (χ0) is 19.7. The van der Waals surface area contributed by atoms with Crippen molar-refractivity contribution < 1.29 is 14.0 Å². The van der Waals surface area contributed by atoms with Crippen LogP contribution in [0.25, 0.3) is 11.1 Å². The summed E-state index contributed by atoms with van der Waals surface area (Å²) in [5, 5.41) is 2.65. The van der Waals surface area contributed by atoms with Gasteiger partial charge in [0, 0.05) is 37.9 Å². The van der Waals surface area contributed by atoms with Crippen LogP contribution >= 0.6 is 0 Å². The molecule has 1 aromatic carbocycles. The number of carbonyl (C=O) groups excluding carboxylic acids is 2. The zero-order valence-electron chi connectivity index (χ0n) is 15.6. The van der Waals surface area contributed by atoms with Gasteiger partial charge in [0.1, 0.15) is 6.54 Å². The Bertz CT molecular complexity index is 1080. The number of oxazole rings is 1. The lowest BCUT2D eigenvalue weighted by Gasteiger charge is -2.33. The van der Waals surface area contributed by atoms with Crippen LogP contribution in [-0.2, 0) is 11.3 Å². The van der Waals surface area contributed by atoms with Gasteiger partial charge >= 0.3 is 5.76 Å². The largest absolute Gasteiger partial charge is 0.420 e. The molecule has 2 amide bonds. The molecule has 3 heterocycles. The van der Waals surface area contributed by atoms with Crippen molar-refractivity contribution in [1.29, 1.82) is 0 Å². The normalized spacial score (nSPS) is 17.0. The standard InChI is InChI=1S/C20H22N4O4/c1-21-19(26)14-8-9-22-18(14)13-5-4-10-23(11-13)17(25)12-24-15-6-2-3-7-16(15)28-20(24)27/h2-3,6-9,13,22H,4-5,10-12H2,1H3,(H,21,26). The summed E-state index contributed by atoms with van der Waals surface area (Å²) >= 11 is 0. The number of nitrogens with zero attached hydrogens (tertiary/aromatic N) is 2. The molecule has 0 spiro atoms. The summed E-state index contributed by atoms with van der Waals surface area (Å²) in [5.41, 5.74) is 2.54. The van der Waals surface area contributed by atoms with Gasteiger partial charge < -0.3 is 19.6 Å². The van der Waals surface area contributed by atoms with E-state index in [0.717, 1.165) is 18.5 Å². The number of aromatic nitrogens is 2. The van der Waals surface area contributed by atoms with Crippen LogP contribution in [0.1, 0.15) is 34.8 Å². The SMILES string of the molecule is CNC(=O)c1cc[nH]c1C1CCCN(C(=O)Cn2c(=O)oc3ccccc32)C1. The van der Waals surface area contributed by atoms with Gasteiger partial charge in [0.2, 0.25) is 5.91 Å². The maximum absolute atomic E-state index is 12.9. The number of likely N-dealkylation sites (tertiary alicyclic amines) is 1. The molecular formula is C20H22N4O4. The number of aromatic amines is 1. The molecule has 0 aliphatic carbocycles. The number of piperidine rings is 1. The van der Waals surface area contributed by atoms with Gasteiger partial charge in [-0.05, 0) is 31.0 Å². The summed E-state index contributed by atoms with van der Waals surface area (Å²) in [6.45, 7) is 1.08. The Labute approximate surface area is 161 Å². The van der Waals surface area contributed by atoms with Crippen LogP contribution in [0.2, 0.25) is 0 Å². The van der Waals surface area contributed by atoms with Gasteiger partial charge in [-0.25, -0.2) is 4.79 Å². The number of fused-ring (bicyclic) bond motifs is 1. The highest BCUT2D eigenvalue weighted by Gasteiger charge is 2.28. The minimum atomic E-state index is -0.533. The van der Waals surface area contributed by atoms with Crippen LogP contribution < -0.4 is 11.1 Å². The van der Waals surface area contributed by atoms with Gasteiger partial charge in [-0.15, -0.1) is 0 Å². The zero-order valence-corrected chi connectivity index (χ0v) is 15.6. The molecule has 28 heavy (non-hydrogen) atoms. The maximum Gasteiger partial charge on any atom is 0.420 e. The van der Waals surface area contributed by atoms with Crippen LogP contribution in [0.15, 0.2) is 45.7 Å². The van der Waals surface area contributed by atoms with Crippen molar-refractivity contribution in [2.24, 2.45) is 0 Å². The lowest BCUT2D eigenvalue weighted by molar-refractivity contribution is -0.133. The molecule has 8 heteroatoms. The fourth-order valence-corrected chi connectivity index (χ4v) is 3.89. The number of benzene rings is 1. The van der Waals surface area contributed by atoms with Crippen molar-refractivity contribution >= 4 is 22.9 Å². The number of carbonyl (C=O) groups is 2. The first-order valence-electron chi connectivity index (χ1n) is 9.34. The van der Waals surface area contributed by atoms with Gasteiger partial charge in [0.25, 0.3) is 5.91 Å². The van der Waals surface area contributed by atoms with Crippen molar-refractivity contribution in [3.8, 4) is 0 Å². The van der Waals surface area contributed by atoms with Gasteiger partial charge in [0.15, 0.2) is 5.58 Å². The molecule has 1 atom stereocenters. The lowest BCUT2D eigenvalue weighted by atomic mass is 9.92. The van der Waals surface area contributed by atoms with E-state index in [1.165, 1.54) is 4.57 Å². The molecule has 0 radical (unpaired) electrons. The van der Waals surface area contributed by atoms with Crippen LogP contribution in [0.4, 0.5) is 0 Å². The van der Waals surface area contributed by atoms with E-state index in [9.17, 15) is 14.4 Å². The van der Waals surface area contributed by atoms with Crippen molar-refractivity contribution in [2.45, 2.75) is 25.3 Å². The highest BCUT2D eigenvalue weighted by atomic mass is 16.4. The Morgan fingerprint density at radius 2 is 2.11 bits per heavy atom. The van der Waals surface area contributed by atoms with E-state index < -0.39 is 5.76 Å². The number of rotatable bonds is 4. The maximum atomic E-state index is 12.9. The van der Waals surface area contributed by atoms with Crippen molar-refractivity contribution in [2.75, 3.05) is 20.1 Å². The first-order chi connectivity index (χ1) is 13.6. The molecule has 1 unspecified atom stereocenters. The van der Waals surface area contributed by atoms with Crippen molar-refractivity contribution in [3.05, 3.63) is 58.3 Å². The third-order valence-electron chi connectivity index (χ3n) is 5.30. The topological polar surface area (TPSA) is 100 Å². The summed E-state index contributed by atoms with van der Waals surface area (Å²) < 4.78 is 6.58. The molecule has 2 aromatic heterocycles. The Kier molecular flexibility index (Phi) is 4.77. The average Bonchev–Trinajstić information content (AvgIpc) is 3.32. The highest BCUT2D eigenvalue weighted by Crippen LogP contribution is 2.28. The van der Waals surface area contributed by atoms with Crippen molar-refractivity contribution in [3.63, 3.8) is 0 Å². The van der Waals surface area contributed by atoms with E-state index in [1.807, 2.05) is 0 Å². The second-order valence-corrected chi connectivity index (χ2v) is 6.98. The van der Waals surface area contributed by atoms with Gasteiger partial charge in [-0.1, -0.05) is 12.1 Å². The summed E-state index contributed by atoms with van der Waals surface area (Å²) in [6, 6.07) is 8.82. The summed E-state index contributed by atoms with van der Waals surface area (Å²) in [4.78, 5) is 42.0. The average molecular weight is 382 g/mol. The number of amides is 2. The Balaban J connectivity index is 1.53. The monoisotopic (exact) mass is 382 g/mol.